The summed E-state index contributed by atoms with van der Waals surface area (Å²) in [6, 6.07) is 15.3. The molecule has 1 saturated carbocycles. The summed E-state index contributed by atoms with van der Waals surface area (Å²) in [6.45, 7) is 3.42. The normalized spacial score (nSPS) is 18.6. The molecular weight excluding hydrogens is 496 g/mol. The molecule has 2 aromatic carbocycles. The maximum atomic E-state index is 13.2. The van der Waals surface area contributed by atoms with Gasteiger partial charge >= 0.3 is 0 Å². The number of nitrogens with one attached hydrogen (secondary N) is 1. The minimum absolute atomic E-state index is 0. The SMILES string of the molecule is CN(Cc1ccc(NC(=O)C2=Cc3cc(OCC4CCCCC4)ccc3CCC2)cc1)C1CCOCC1.Cl. The van der Waals surface area contributed by atoms with Crippen LogP contribution in [-0.2, 0) is 22.5 Å². The number of hydrogen-bond acceptors (Lipinski definition) is 4. The Morgan fingerprint density at radius 3 is 2.50 bits per heavy atom. The largest absolute Gasteiger partial charge is 0.493 e. The third-order valence-electron chi connectivity index (χ3n) is 8.30. The molecule has 0 bridgehead atoms. The molecule has 2 aromatic rings. The molecule has 0 unspecified atom stereocenters. The van der Waals surface area contributed by atoms with Gasteiger partial charge in [0.15, 0.2) is 0 Å². The molecule has 206 valence electrons. The van der Waals surface area contributed by atoms with Gasteiger partial charge in [0.1, 0.15) is 5.75 Å². The number of carbonyl (C=O) groups excluding carboxylic acids is 1. The summed E-state index contributed by atoms with van der Waals surface area (Å²) in [5, 5.41) is 3.13. The number of fused-ring (bicyclic) bond motifs is 1. The van der Waals surface area contributed by atoms with Crippen molar-refractivity contribution < 1.29 is 14.3 Å². The topological polar surface area (TPSA) is 50.8 Å². The summed E-state index contributed by atoms with van der Waals surface area (Å²) >= 11 is 0. The van der Waals surface area contributed by atoms with Crippen molar-refractivity contribution in [2.45, 2.75) is 76.8 Å². The number of carbonyl (C=O) groups is 1. The Morgan fingerprint density at radius 1 is 0.974 bits per heavy atom. The number of halogens is 1. The molecular formula is C32H43ClN2O3. The maximum Gasteiger partial charge on any atom is 0.251 e. The van der Waals surface area contributed by atoms with E-state index in [1.165, 1.54) is 43.2 Å². The summed E-state index contributed by atoms with van der Waals surface area (Å²) in [5.41, 5.74) is 5.36. The van der Waals surface area contributed by atoms with E-state index < -0.39 is 0 Å². The molecule has 1 N–H and O–H groups in total. The van der Waals surface area contributed by atoms with Crippen molar-refractivity contribution in [1.29, 1.82) is 0 Å². The molecule has 38 heavy (non-hydrogen) atoms. The molecule has 3 aliphatic rings. The molecule has 0 atom stereocenters. The fourth-order valence-electron chi connectivity index (χ4n) is 5.95. The summed E-state index contributed by atoms with van der Waals surface area (Å²) < 4.78 is 11.7. The van der Waals surface area contributed by atoms with E-state index in [-0.39, 0.29) is 18.3 Å². The van der Waals surface area contributed by atoms with Crippen LogP contribution in [0.1, 0.15) is 74.5 Å². The molecule has 1 heterocycles. The molecule has 0 spiro atoms. The van der Waals surface area contributed by atoms with Crippen LogP contribution < -0.4 is 10.1 Å². The van der Waals surface area contributed by atoms with Crippen LogP contribution >= 0.6 is 12.4 Å². The zero-order chi connectivity index (χ0) is 25.5. The number of ether oxygens (including phenoxy) is 2. The predicted molar refractivity (Wildman–Crippen MR) is 157 cm³/mol. The average molecular weight is 539 g/mol. The first-order chi connectivity index (χ1) is 18.1. The third-order valence-corrected chi connectivity index (χ3v) is 8.30. The van der Waals surface area contributed by atoms with Crippen LogP contribution in [0.4, 0.5) is 5.69 Å². The highest BCUT2D eigenvalue weighted by atomic mass is 35.5. The zero-order valence-corrected chi connectivity index (χ0v) is 23.6. The summed E-state index contributed by atoms with van der Waals surface area (Å²) in [7, 11) is 2.19. The second-order valence-electron chi connectivity index (χ2n) is 11.1. The van der Waals surface area contributed by atoms with E-state index in [0.29, 0.717) is 12.0 Å². The van der Waals surface area contributed by atoms with E-state index in [1.807, 2.05) is 12.1 Å². The molecule has 5 rings (SSSR count). The van der Waals surface area contributed by atoms with E-state index >= 15 is 0 Å². The van der Waals surface area contributed by atoms with Gasteiger partial charge in [0, 0.05) is 37.1 Å². The van der Waals surface area contributed by atoms with Gasteiger partial charge in [0.25, 0.3) is 5.91 Å². The summed E-state index contributed by atoms with van der Waals surface area (Å²) in [4.78, 5) is 15.6. The van der Waals surface area contributed by atoms with Crippen LogP contribution in [0.3, 0.4) is 0 Å². The monoisotopic (exact) mass is 538 g/mol. The number of hydrogen-bond donors (Lipinski definition) is 1. The first-order valence-electron chi connectivity index (χ1n) is 14.3. The number of nitrogens with zero attached hydrogens (tertiary/aromatic N) is 1. The number of benzene rings is 2. The van der Waals surface area contributed by atoms with Gasteiger partial charge in [-0.05, 0) is 105 Å². The Hall–Kier alpha value is -2.34. The summed E-state index contributed by atoms with van der Waals surface area (Å²) in [6.07, 6.45) is 13.6. The smallest absolute Gasteiger partial charge is 0.251 e. The Balaban J connectivity index is 0.00000336. The van der Waals surface area contributed by atoms with Crippen molar-refractivity contribution in [3.05, 3.63) is 64.7 Å². The van der Waals surface area contributed by atoms with E-state index in [0.717, 1.165) is 81.0 Å². The average Bonchev–Trinajstić information content (AvgIpc) is 3.16. The lowest BCUT2D eigenvalue weighted by Crippen LogP contribution is -2.36. The van der Waals surface area contributed by atoms with Gasteiger partial charge in [-0.2, -0.15) is 0 Å². The molecule has 0 aromatic heterocycles. The second kappa shape index (κ2) is 14.2. The molecule has 6 heteroatoms. The van der Waals surface area contributed by atoms with E-state index in [2.05, 4.69) is 53.7 Å². The minimum atomic E-state index is -0.00606. The highest BCUT2D eigenvalue weighted by molar-refractivity contribution is 6.07. The molecule has 5 nitrogen and oxygen atoms in total. The highest BCUT2D eigenvalue weighted by Crippen LogP contribution is 2.29. The van der Waals surface area contributed by atoms with Crippen molar-refractivity contribution in [3.63, 3.8) is 0 Å². The molecule has 1 amide bonds. The third kappa shape index (κ3) is 7.84. The van der Waals surface area contributed by atoms with Crippen molar-refractivity contribution in [2.75, 3.05) is 32.2 Å². The van der Waals surface area contributed by atoms with Gasteiger partial charge in [0.05, 0.1) is 6.61 Å². The lowest BCUT2D eigenvalue weighted by Gasteiger charge is -2.31. The number of anilines is 1. The van der Waals surface area contributed by atoms with Gasteiger partial charge in [0.2, 0.25) is 0 Å². The maximum absolute atomic E-state index is 13.2. The Kier molecular flexibility index (Phi) is 10.7. The van der Waals surface area contributed by atoms with Gasteiger partial charge < -0.3 is 14.8 Å². The number of amides is 1. The van der Waals surface area contributed by atoms with Gasteiger partial charge in [-0.1, -0.05) is 37.5 Å². The first kappa shape index (κ1) is 28.7. The van der Waals surface area contributed by atoms with E-state index in [1.54, 1.807) is 0 Å². The summed E-state index contributed by atoms with van der Waals surface area (Å²) in [5.74, 6) is 1.59. The van der Waals surface area contributed by atoms with Crippen molar-refractivity contribution in [1.82, 2.24) is 4.90 Å². The van der Waals surface area contributed by atoms with Gasteiger partial charge in [-0.3, -0.25) is 9.69 Å². The molecule has 1 saturated heterocycles. The minimum Gasteiger partial charge on any atom is -0.493 e. The Morgan fingerprint density at radius 2 is 1.74 bits per heavy atom. The Labute approximate surface area is 234 Å². The van der Waals surface area contributed by atoms with Crippen LogP contribution in [-0.4, -0.2) is 43.7 Å². The molecule has 2 aliphatic carbocycles. The molecule has 0 radical (unpaired) electrons. The predicted octanol–water partition coefficient (Wildman–Crippen LogP) is 7.04. The van der Waals surface area contributed by atoms with Crippen molar-refractivity contribution in [2.24, 2.45) is 5.92 Å². The van der Waals surface area contributed by atoms with Crippen LogP contribution in [0.5, 0.6) is 5.75 Å². The molecule has 2 fully saturated rings. The first-order valence-corrected chi connectivity index (χ1v) is 14.3. The lowest BCUT2D eigenvalue weighted by atomic mass is 9.90. The van der Waals surface area contributed by atoms with Crippen LogP contribution in [0, 0.1) is 5.92 Å². The molecule has 1 aliphatic heterocycles. The number of aryl methyl sites for hydroxylation is 1. The van der Waals surface area contributed by atoms with Crippen molar-refractivity contribution >= 4 is 30.1 Å². The van der Waals surface area contributed by atoms with Gasteiger partial charge in [-0.15, -0.1) is 12.4 Å². The highest BCUT2D eigenvalue weighted by Gasteiger charge is 2.19. The standard InChI is InChI=1S/C32H42N2O3.ClH/c1-34(30-16-18-36-19-17-30)22-24-10-13-29(14-11-24)33-32(35)27-9-5-8-26-12-15-31(21-28(26)20-27)37-23-25-6-3-2-4-7-25;/h10-15,20-21,25,30H,2-9,16-19,22-23H2,1H3,(H,33,35);1H. The Bertz CT molecular complexity index is 1070. The zero-order valence-electron chi connectivity index (χ0n) is 22.8. The van der Waals surface area contributed by atoms with E-state index in [4.69, 9.17) is 9.47 Å². The van der Waals surface area contributed by atoms with Crippen LogP contribution in [0.25, 0.3) is 6.08 Å². The van der Waals surface area contributed by atoms with Crippen LogP contribution in [0.2, 0.25) is 0 Å². The number of rotatable bonds is 8. The quantitative estimate of drug-likeness (QED) is 0.391. The van der Waals surface area contributed by atoms with E-state index in [9.17, 15) is 4.79 Å². The van der Waals surface area contributed by atoms with Crippen molar-refractivity contribution in [3.8, 4) is 5.75 Å². The van der Waals surface area contributed by atoms with Crippen LogP contribution in [0.15, 0.2) is 48.0 Å². The fourth-order valence-corrected chi connectivity index (χ4v) is 5.95. The fraction of sp³-hybridized carbons (Fsp3) is 0.531. The lowest BCUT2D eigenvalue weighted by molar-refractivity contribution is -0.112. The van der Waals surface area contributed by atoms with Gasteiger partial charge in [-0.25, -0.2) is 0 Å². The second-order valence-corrected chi connectivity index (χ2v) is 11.1.